The number of nitriles is 1. The van der Waals surface area contributed by atoms with E-state index in [1.807, 2.05) is 37.3 Å². The van der Waals surface area contributed by atoms with Crippen LogP contribution in [0.5, 0.6) is 0 Å². The van der Waals surface area contributed by atoms with Gasteiger partial charge in [0.15, 0.2) is 0 Å². The molecule has 0 atom stereocenters. The van der Waals surface area contributed by atoms with Gasteiger partial charge in [-0.15, -0.1) is 0 Å². The summed E-state index contributed by atoms with van der Waals surface area (Å²) in [6, 6.07) is 15.3. The average Bonchev–Trinajstić information content (AvgIpc) is 3.39. The van der Waals surface area contributed by atoms with E-state index in [1.165, 1.54) is 5.56 Å². The highest BCUT2D eigenvalue weighted by molar-refractivity contribution is 5.87. The van der Waals surface area contributed by atoms with Crippen molar-refractivity contribution in [1.82, 2.24) is 9.78 Å². The van der Waals surface area contributed by atoms with Crippen molar-refractivity contribution in [3.8, 4) is 17.2 Å². The van der Waals surface area contributed by atoms with E-state index < -0.39 is 0 Å². The maximum atomic E-state index is 9.74. The molecular weight excluding hydrogens is 526 g/mol. The monoisotopic (exact) mass is 569 g/mol. The van der Waals surface area contributed by atoms with Crippen LogP contribution in [0.15, 0.2) is 72.5 Å². The molecule has 3 aromatic rings. The molecular formula is C35H43N3O4. The predicted molar refractivity (Wildman–Crippen MR) is 168 cm³/mol. The van der Waals surface area contributed by atoms with Crippen LogP contribution in [0.1, 0.15) is 82.7 Å². The fraction of sp³-hybridized carbons (Fsp3) is 0.400. The van der Waals surface area contributed by atoms with E-state index in [0.717, 1.165) is 71.5 Å². The number of benzene rings is 2. The fourth-order valence-corrected chi connectivity index (χ4v) is 5.07. The van der Waals surface area contributed by atoms with E-state index in [-0.39, 0.29) is 6.04 Å². The number of rotatable bonds is 11. The topological polar surface area (TPSA) is 86.4 Å². The molecule has 0 saturated carbocycles. The molecule has 1 aliphatic heterocycles. The Hall–Kier alpha value is -4.15. The van der Waals surface area contributed by atoms with Gasteiger partial charge in [-0.2, -0.15) is 10.4 Å². The van der Waals surface area contributed by atoms with Crippen LogP contribution in [0.25, 0.3) is 22.0 Å². The van der Waals surface area contributed by atoms with E-state index in [4.69, 9.17) is 14.6 Å². The van der Waals surface area contributed by atoms with Crippen molar-refractivity contribution in [2.24, 2.45) is 0 Å². The van der Waals surface area contributed by atoms with Gasteiger partial charge in [-0.3, -0.25) is 9.48 Å². The highest BCUT2D eigenvalue weighted by Crippen LogP contribution is 2.34. The largest absolute Gasteiger partial charge is 0.487 e. The number of nitrogens with zero attached hydrogens (tertiary/aromatic N) is 3. The summed E-state index contributed by atoms with van der Waals surface area (Å²) in [6.07, 6.45) is 8.65. The summed E-state index contributed by atoms with van der Waals surface area (Å²) in [6.45, 7) is 16.9. The molecule has 0 radical (unpaired) electrons. The lowest BCUT2D eigenvalue weighted by molar-refractivity contribution is -0.128. The molecule has 0 amide bonds. The van der Waals surface area contributed by atoms with Crippen molar-refractivity contribution < 1.29 is 19.0 Å². The van der Waals surface area contributed by atoms with Crippen LogP contribution in [0.4, 0.5) is 0 Å². The summed E-state index contributed by atoms with van der Waals surface area (Å²) < 4.78 is 18.1. The third kappa shape index (κ3) is 8.20. The number of allylic oxidation sites excluding steroid dienone is 4. The summed E-state index contributed by atoms with van der Waals surface area (Å²) in [5.74, 6) is 1.25. The number of fused-ring (bicyclic) bond motifs is 1. The summed E-state index contributed by atoms with van der Waals surface area (Å²) in [7, 11) is 0. The number of carbonyl (C=O) groups excluding carboxylic acids is 1. The van der Waals surface area contributed by atoms with Gasteiger partial charge in [0.05, 0.1) is 23.8 Å². The zero-order chi connectivity index (χ0) is 30.5. The van der Waals surface area contributed by atoms with Crippen LogP contribution in [-0.2, 0) is 25.6 Å². The lowest BCUT2D eigenvalue weighted by atomic mass is 9.88. The van der Waals surface area contributed by atoms with Crippen molar-refractivity contribution >= 4 is 17.4 Å². The molecule has 1 aromatic heterocycles. The van der Waals surface area contributed by atoms with E-state index >= 15 is 0 Å². The number of hydrogen-bond acceptors (Lipinski definition) is 6. The molecule has 7 heteroatoms. The Morgan fingerprint density at radius 2 is 1.95 bits per heavy atom. The Labute approximate surface area is 250 Å². The number of carbonyl (C=O) groups is 1. The Balaban J connectivity index is 0.000000892. The zero-order valence-corrected chi connectivity index (χ0v) is 25.6. The van der Waals surface area contributed by atoms with Crippen molar-refractivity contribution in [2.45, 2.75) is 72.4 Å². The summed E-state index contributed by atoms with van der Waals surface area (Å²) >= 11 is 0. The second-order valence-electron chi connectivity index (χ2n) is 10.3. The molecule has 2 aromatic carbocycles. The minimum atomic E-state index is 0.217. The Morgan fingerprint density at radius 3 is 2.52 bits per heavy atom. The molecule has 0 unspecified atom stereocenters. The molecule has 1 saturated heterocycles. The van der Waals surface area contributed by atoms with Crippen LogP contribution in [0, 0.1) is 11.3 Å². The Morgan fingerprint density at radius 1 is 1.19 bits per heavy atom. The van der Waals surface area contributed by atoms with E-state index in [2.05, 4.69) is 67.1 Å². The van der Waals surface area contributed by atoms with Gasteiger partial charge in [0.1, 0.15) is 18.1 Å². The van der Waals surface area contributed by atoms with Gasteiger partial charge in [0, 0.05) is 24.6 Å². The molecule has 1 aliphatic rings. The maximum Gasteiger partial charge on any atom is 0.293 e. The van der Waals surface area contributed by atoms with Crippen molar-refractivity contribution in [3.05, 3.63) is 89.4 Å². The molecule has 42 heavy (non-hydrogen) atoms. The highest BCUT2D eigenvalue weighted by Gasteiger charge is 2.19. The molecule has 7 nitrogen and oxygen atoms in total. The molecule has 222 valence electrons. The minimum absolute atomic E-state index is 0.217. The third-order valence-electron chi connectivity index (χ3n) is 7.24. The third-order valence-corrected chi connectivity index (χ3v) is 7.24. The summed E-state index contributed by atoms with van der Waals surface area (Å²) in [5.41, 5.74) is 7.09. The molecule has 0 bridgehead atoms. The fourth-order valence-electron chi connectivity index (χ4n) is 5.07. The highest BCUT2D eigenvalue weighted by atomic mass is 16.5. The molecule has 0 spiro atoms. The average molecular weight is 570 g/mol. The lowest BCUT2D eigenvalue weighted by Gasteiger charge is -2.23. The van der Waals surface area contributed by atoms with E-state index in [9.17, 15) is 10.1 Å². The van der Waals surface area contributed by atoms with Gasteiger partial charge in [-0.05, 0) is 105 Å². The van der Waals surface area contributed by atoms with Gasteiger partial charge < -0.3 is 14.2 Å². The normalized spacial score (nSPS) is 14.2. The van der Waals surface area contributed by atoms with Crippen molar-refractivity contribution in [1.29, 1.82) is 5.26 Å². The summed E-state index contributed by atoms with van der Waals surface area (Å²) in [5, 5.41) is 15.8. The van der Waals surface area contributed by atoms with E-state index in [1.54, 1.807) is 6.92 Å². The van der Waals surface area contributed by atoms with Gasteiger partial charge in [0.2, 0.25) is 0 Å². The zero-order valence-electron chi connectivity index (χ0n) is 25.6. The first kappa shape index (κ1) is 32.4. The molecule has 0 N–H and O–H groups in total. The standard InChI is InChI=1S/C32H37N3O2.C3H6O2/c1-6-9-32(24(7-2)8-3)37-21-30-29-19-26(10-11-31(29)35(34-30)22(4)5)28-17-23(20-33)16-27(18-28)25-12-14-36-15-13-25;1-2-5-3-4/h6-7,9-11,16-19,22,25H,2,8,12-15,21H2,1,3-5H3;3H,2H2,1H3/b9-6-,32-24-;. The number of aromatic nitrogens is 2. The van der Waals surface area contributed by atoms with Gasteiger partial charge in [-0.25, -0.2) is 0 Å². The molecule has 4 rings (SSSR count). The van der Waals surface area contributed by atoms with Crippen LogP contribution in [-0.4, -0.2) is 36.1 Å². The Bertz CT molecular complexity index is 1450. The van der Waals surface area contributed by atoms with Crippen LogP contribution >= 0.6 is 0 Å². The van der Waals surface area contributed by atoms with Gasteiger partial charge >= 0.3 is 0 Å². The van der Waals surface area contributed by atoms with Crippen molar-refractivity contribution in [3.63, 3.8) is 0 Å². The molecule has 0 aliphatic carbocycles. The van der Waals surface area contributed by atoms with Crippen molar-refractivity contribution in [2.75, 3.05) is 19.8 Å². The summed E-state index contributed by atoms with van der Waals surface area (Å²) in [4.78, 5) is 9.18. The number of ether oxygens (including phenoxy) is 3. The second-order valence-corrected chi connectivity index (χ2v) is 10.3. The first-order valence-electron chi connectivity index (χ1n) is 14.7. The van der Waals surface area contributed by atoms with Crippen LogP contribution in [0.3, 0.4) is 0 Å². The van der Waals surface area contributed by atoms with Crippen LogP contribution < -0.4 is 0 Å². The first-order valence-corrected chi connectivity index (χ1v) is 14.7. The van der Waals surface area contributed by atoms with Gasteiger partial charge in [-0.1, -0.05) is 37.8 Å². The SMILES string of the molecule is C=C/C(CC)=C(\C=C/C)OCc1nn(C(C)C)c2ccc(-c3cc(C#N)cc(C4CCOCC4)c3)cc12.CCOC=O. The van der Waals surface area contributed by atoms with Crippen LogP contribution in [0.2, 0.25) is 0 Å². The predicted octanol–water partition coefficient (Wildman–Crippen LogP) is 8.17. The quantitative estimate of drug-likeness (QED) is 0.131. The molecule has 1 fully saturated rings. The molecule has 2 heterocycles. The minimum Gasteiger partial charge on any atom is -0.487 e. The smallest absolute Gasteiger partial charge is 0.293 e. The van der Waals surface area contributed by atoms with Gasteiger partial charge in [0.25, 0.3) is 6.47 Å². The Kier molecular flexibility index (Phi) is 12.6. The number of hydrogen-bond donors (Lipinski definition) is 0. The lowest BCUT2D eigenvalue weighted by Crippen LogP contribution is -2.14. The van der Waals surface area contributed by atoms with E-state index in [0.29, 0.717) is 31.2 Å². The first-order chi connectivity index (χ1) is 20.4. The maximum absolute atomic E-state index is 9.74. The second kappa shape index (κ2) is 16.3.